The minimum Gasteiger partial charge on any atom is -0.478 e. The number of aryl methyl sites for hydroxylation is 2. The van der Waals surface area contributed by atoms with Crippen molar-refractivity contribution in [3.8, 4) is 11.1 Å². The molecule has 1 heterocycles. The van der Waals surface area contributed by atoms with E-state index < -0.39 is 11.8 Å². The fraction of sp³-hybridized carbons (Fsp3) is 0.167. The highest BCUT2D eigenvalue weighted by Crippen LogP contribution is 2.29. The number of aromatic nitrogens is 2. The van der Waals surface area contributed by atoms with Gasteiger partial charge in [-0.3, -0.25) is 4.68 Å². The number of nitrogens with two attached hydrogens (primary N) is 1. The lowest BCUT2D eigenvalue weighted by atomic mass is 10.0. The molecule has 0 aliphatic carbocycles. The minimum atomic E-state index is -1.10. The Kier molecular flexibility index (Phi) is 2.78. The largest absolute Gasteiger partial charge is 0.478 e. The van der Waals surface area contributed by atoms with E-state index in [2.05, 4.69) is 5.10 Å². The molecule has 0 spiro atoms. The lowest BCUT2D eigenvalue weighted by Crippen LogP contribution is -2.03. The number of nitrogens with zero attached hydrogens (tertiary/aromatic N) is 2. The summed E-state index contributed by atoms with van der Waals surface area (Å²) in [7, 11) is 1.63. The zero-order valence-electron chi connectivity index (χ0n) is 9.94. The van der Waals surface area contributed by atoms with Crippen LogP contribution in [0.5, 0.6) is 0 Å². The summed E-state index contributed by atoms with van der Waals surface area (Å²) in [6.45, 7) is 1.54. The number of hydrogen-bond donors (Lipinski definition) is 2. The van der Waals surface area contributed by atoms with Gasteiger partial charge in [0.25, 0.3) is 0 Å². The fourth-order valence-electron chi connectivity index (χ4n) is 1.76. The van der Waals surface area contributed by atoms with Crippen molar-refractivity contribution in [3.05, 3.63) is 35.3 Å². The van der Waals surface area contributed by atoms with Gasteiger partial charge in [0.05, 0.1) is 11.8 Å². The van der Waals surface area contributed by atoms with Crippen LogP contribution < -0.4 is 5.73 Å². The van der Waals surface area contributed by atoms with Crippen molar-refractivity contribution in [1.82, 2.24) is 9.78 Å². The van der Waals surface area contributed by atoms with Crippen molar-refractivity contribution in [3.63, 3.8) is 0 Å². The van der Waals surface area contributed by atoms with Gasteiger partial charge in [0, 0.05) is 18.2 Å². The lowest BCUT2D eigenvalue weighted by Gasteiger charge is -2.07. The number of carboxylic acid groups (broad SMARTS) is 1. The monoisotopic (exact) mass is 249 g/mol. The highest BCUT2D eigenvalue weighted by atomic mass is 19.1. The highest BCUT2D eigenvalue weighted by molar-refractivity contribution is 5.91. The molecule has 1 aromatic carbocycles. The molecule has 3 N–H and O–H groups in total. The van der Waals surface area contributed by atoms with Crippen LogP contribution in [0.25, 0.3) is 11.1 Å². The van der Waals surface area contributed by atoms with E-state index in [-0.39, 0.29) is 16.9 Å². The van der Waals surface area contributed by atoms with E-state index in [0.717, 1.165) is 0 Å². The van der Waals surface area contributed by atoms with E-state index in [9.17, 15) is 9.18 Å². The number of carboxylic acids is 1. The molecular weight excluding hydrogens is 237 g/mol. The number of halogens is 1. The first-order valence-electron chi connectivity index (χ1n) is 5.23. The molecule has 94 valence electrons. The minimum absolute atomic E-state index is 0.0506. The Labute approximate surface area is 103 Å². The second-order valence-electron chi connectivity index (χ2n) is 4.02. The van der Waals surface area contributed by atoms with Gasteiger partial charge in [-0.15, -0.1) is 0 Å². The van der Waals surface area contributed by atoms with Crippen molar-refractivity contribution in [2.45, 2.75) is 6.92 Å². The predicted molar refractivity (Wildman–Crippen MR) is 64.7 cm³/mol. The molecule has 0 aliphatic rings. The molecule has 0 radical (unpaired) electrons. The van der Waals surface area contributed by atoms with E-state index in [1.807, 2.05) is 0 Å². The number of benzene rings is 1. The maximum Gasteiger partial charge on any atom is 0.335 e. The first kappa shape index (κ1) is 12.1. The van der Waals surface area contributed by atoms with Crippen LogP contribution in [-0.2, 0) is 7.05 Å². The molecule has 0 unspecified atom stereocenters. The number of carbonyl (C=O) groups is 1. The lowest BCUT2D eigenvalue weighted by molar-refractivity contribution is 0.0696. The fourth-order valence-corrected chi connectivity index (χ4v) is 1.76. The molecule has 0 saturated carbocycles. The standard InChI is InChI=1S/C12H12FN3O2/c1-6-3-10(13)8(4-7(6)12(17)18)9-5-15-16(2)11(9)14/h3-5H,14H2,1-2H3,(H,17,18). The third kappa shape index (κ3) is 1.81. The third-order valence-electron chi connectivity index (χ3n) is 2.82. The topological polar surface area (TPSA) is 81.1 Å². The molecule has 0 amide bonds. The Morgan fingerprint density at radius 3 is 2.61 bits per heavy atom. The van der Waals surface area contributed by atoms with Crippen molar-refractivity contribution in [2.24, 2.45) is 7.05 Å². The van der Waals surface area contributed by atoms with Crippen LogP contribution in [0.2, 0.25) is 0 Å². The van der Waals surface area contributed by atoms with Crippen LogP contribution >= 0.6 is 0 Å². The van der Waals surface area contributed by atoms with Crippen LogP contribution in [0.3, 0.4) is 0 Å². The molecule has 6 heteroatoms. The van der Waals surface area contributed by atoms with Gasteiger partial charge in [-0.1, -0.05) is 0 Å². The first-order chi connectivity index (χ1) is 8.41. The van der Waals surface area contributed by atoms with Crippen LogP contribution in [0.1, 0.15) is 15.9 Å². The Balaban J connectivity index is 2.68. The summed E-state index contributed by atoms with van der Waals surface area (Å²) in [6, 6.07) is 2.46. The van der Waals surface area contributed by atoms with E-state index in [1.165, 1.54) is 23.0 Å². The maximum absolute atomic E-state index is 13.9. The number of hydrogen-bond acceptors (Lipinski definition) is 3. The second kappa shape index (κ2) is 4.14. The van der Waals surface area contributed by atoms with Crippen LogP contribution in [-0.4, -0.2) is 20.9 Å². The van der Waals surface area contributed by atoms with Gasteiger partial charge in [-0.25, -0.2) is 9.18 Å². The van der Waals surface area contributed by atoms with Gasteiger partial charge < -0.3 is 10.8 Å². The predicted octanol–water partition coefficient (Wildman–Crippen LogP) is 1.82. The number of aromatic carboxylic acids is 1. The molecule has 18 heavy (non-hydrogen) atoms. The Morgan fingerprint density at radius 1 is 1.44 bits per heavy atom. The second-order valence-corrected chi connectivity index (χ2v) is 4.02. The van der Waals surface area contributed by atoms with Gasteiger partial charge >= 0.3 is 5.97 Å². The molecule has 0 bridgehead atoms. The number of rotatable bonds is 2. The first-order valence-corrected chi connectivity index (χ1v) is 5.23. The van der Waals surface area contributed by atoms with Crippen LogP contribution in [0, 0.1) is 12.7 Å². The molecular formula is C12H12FN3O2. The molecule has 0 aliphatic heterocycles. The Morgan fingerprint density at radius 2 is 2.11 bits per heavy atom. The summed E-state index contributed by atoms with van der Waals surface area (Å²) in [6.07, 6.45) is 1.41. The number of anilines is 1. The van der Waals surface area contributed by atoms with E-state index >= 15 is 0 Å². The quantitative estimate of drug-likeness (QED) is 0.850. The van der Waals surface area contributed by atoms with Crippen LogP contribution in [0.15, 0.2) is 18.3 Å². The molecule has 2 rings (SSSR count). The van der Waals surface area contributed by atoms with Crippen molar-refractivity contribution >= 4 is 11.8 Å². The summed E-state index contributed by atoms with van der Waals surface area (Å²) in [5.41, 5.74) is 6.70. The van der Waals surface area contributed by atoms with Gasteiger partial charge in [0.15, 0.2) is 0 Å². The van der Waals surface area contributed by atoms with E-state index in [4.69, 9.17) is 10.8 Å². The zero-order valence-corrected chi connectivity index (χ0v) is 9.94. The summed E-state index contributed by atoms with van der Waals surface area (Å²) >= 11 is 0. The molecule has 0 fully saturated rings. The normalized spacial score (nSPS) is 10.6. The summed E-state index contributed by atoms with van der Waals surface area (Å²) in [5.74, 6) is -1.33. The van der Waals surface area contributed by atoms with Gasteiger partial charge in [-0.2, -0.15) is 5.10 Å². The average Bonchev–Trinajstić information content (AvgIpc) is 2.60. The third-order valence-corrected chi connectivity index (χ3v) is 2.82. The van der Waals surface area contributed by atoms with Crippen molar-refractivity contribution in [1.29, 1.82) is 0 Å². The Bertz CT molecular complexity index is 634. The Hall–Kier alpha value is -2.37. The average molecular weight is 249 g/mol. The van der Waals surface area contributed by atoms with Crippen LogP contribution in [0.4, 0.5) is 10.2 Å². The zero-order chi connectivity index (χ0) is 13.4. The van der Waals surface area contributed by atoms with E-state index in [1.54, 1.807) is 14.0 Å². The molecule has 1 aromatic heterocycles. The van der Waals surface area contributed by atoms with Gasteiger partial charge in [0.1, 0.15) is 11.6 Å². The smallest absolute Gasteiger partial charge is 0.335 e. The SMILES string of the molecule is Cc1cc(F)c(-c2cnn(C)c2N)cc1C(=O)O. The molecule has 2 aromatic rings. The van der Waals surface area contributed by atoms with Crippen molar-refractivity contribution < 1.29 is 14.3 Å². The van der Waals surface area contributed by atoms with E-state index in [0.29, 0.717) is 11.1 Å². The molecule has 0 saturated heterocycles. The molecule has 0 atom stereocenters. The van der Waals surface area contributed by atoms with Gasteiger partial charge in [-0.05, 0) is 24.6 Å². The highest BCUT2D eigenvalue weighted by Gasteiger charge is 2.17. The summed E-state index contributed by atoms with van der Waals surface area (Å²) in [4.78, 5) is 11.0. The summed E-state index contributed by atoms with van der Waals surface area (Å²) in [5, 5.41) is 12.9. The summed E-state index contributed by atoms with van der Waals surface area (Å²) < 4.78 is 15.3. The van der Waals surface area contributed by atoms with Crippen molar-refractivity contribution in [2.75, 3.05) is 5.73 Å². The maximum atomic E-state index is 13.9. The molecule has 5 nitrogen and oxygen atoms in total. The number of nitrogen functional groups attached to an aromatic ring is 1. The van der Waals surface area contributed by atoms with Gasteiger partial charge in [0.2, 0.25) is 0 Å².